The third kappa shape index (κ3) is 3.32. The Morgan fingerprint density at radius 2 is 1.88 bits per heavy atom. The first-order valence-corrected chi connectivity index (χ1v) is 7.04. The number of rotatable bonds is 5. The zero-order valence-electron chi connectivity index (χ0n) is 12.5. The molecule has 0 radical (unpaired) electrons. The number of aromatic nitrogens is 3. The van der Waals surface area contributed by atoms with E-state index in [-0.39, 0.29) is 18.2 Å². The number of aromatic hydroxyl groups is 1. The quantitative estimate of drug-likeness (QED) is 0.699. The molecule has 0 spiro atoms. The monoisotopic (exact) mass is 327 g/mol. The molecule has 1 aromatic heterocycles. The molecule has 0 aliphatic rings. The van der Waals surface area contributed by atoms with Gasteiger partial charge in [0.15, 0.2) is 24.8 Å². The zero-order valence-corrected chi connectivity index (χ0v) is 12.5. The van der Waals surface area contributed by atoms with Crippen LogP contribution in [0.2, 0.25) is 0 Å². The Morgan fingerprint density at radius 3 is 2.71 bits per heavy atom. The van der Waals surface area contributed by atoms with E-state index in [0.29, 0.717) is 10.9 Å². The van der Waals surface area contributed by atoms with Crippen molar-refractivity contribution in [2.45, 2.75) is 6.73 Å². The summed E-state index contributed by atoms with van der Waals surface area (Å²) < 4.78 is 11.0. The third-order valence-electron chi connectivity index (χ3n) is 3.19. The van der Waals surface area contributed by atoms with Crippen LogP contribution in [0.3, 0.4) is 0 Å². The second kappa shape index (κ2) is 6.78. The van der Waals surface area contributed by atoms with Gasteiger partial charge >= 0.3 is 5.97 Å². The van der Waals surface area contributed by atoms with Gasteiger partial charge in [-0.2, -0.15) is 4.68 Å². The lowest BCUT2D eigenvalue weighted by Gasteiger charge is -2.08. The fraction of sp³-hybridized carbons (Fsp3) is 0.125. The number of para-hydroxylation sites is 2. The molecule has 0 amide bonds. The summed E-state index contributed by atoms with van der Waals surface area (Å²) in [6, 6.07) is 13.0. The summed E-state index contributed by atoms with van der Waals surface area (Å²) >= 11 is 0. The standard InChI is InChI=1S/C16H13N3O5/c20-13-7-3-4-8-14(13)23-9-15(21)24-10-19-16(22)11-5-1-2-6-12(11)17-18-19/h1-8,20H,9-10H2. The van der Waals surface area contributed by atoms with Crippen LogP contribution in [-0.2, 0) is 16.3 Å². The highest BCUT2D eigenvalue weighted by atomic mass is 16.6. The largest absolute Gasteiger partial charge is 0.504 e. The molecule has 0 aliphatic heterocycles. The van der Waals surface area contributed by atoms with Crippen LogP contribution in [0.25, 0.3) is 10.9 Å². The molecule has 2 aromatic carbocycles. The average Bonchev–Trinajstić information content (AvgIpc) is 2.61. The molecule has 1 N–H and O–H groups in total. The summed E-state index contributed by atoms with van der Waals surface area (Å²) in [5, 5.41) is 17.5. The minimum absolute atomic E-state index is 0.0816. The molecule has 8 nitrogen and oxygen atoms in total. The van der Waals surface area contributed by atoms with Crippen molar-refractivity contribution in [3.63, 3.8) is 0 Å². The molecule has 0 aliphatic carbocycles. The van der Waals surface area contributed by atoms with Crippen LogP contribution >= 0.6 is 0 Å². The Morgan fingerprint density at radius 1 is 1.12 bits per heavy atom. The normalized spacial score (nSPS) is 10.5. The Kier molecular flexibility index (Phi) is 4.37. The Labute approximate surface area is 135 Å². The summed E-state index contributed by atoms with van der Waals surface area (Å²) in [4.78, 5) is 23.9. The minimum Gasteiger partial charge on any atom is -0.504 e. The van der Waals surface area contributed by atoms with Crippen molar-refractivity contribution in [2.75, 3.05) is 6.61 Å². The molecule has 3 rings (SSSR count). The SMILES string of the molecule is O=C(COc1ccccc1O)OCn1nnc2ccccc2c1=O. The van der Waals surface area contributed by atoms with Gasteiger partial charge in [0.05, 0.1) is 5.39 Å². The highest BCUT2D eigenvalue weighted by molar-refractivity contribution is 5.76. The van der Waals surface area contributed by atoms with Crippen LogP contribution in [0.4, 0.5) is 0 Å². The Hall–Kier alpha value is -3.42. The highest BCUT2D eigenvalue weighted by Crippen LogP contribution is 2.24. The lowest BCUT2D eigenvalue weighted by molar-refractivity contribution is -0.150. The molecule has 0 fully saturated rings. The molecule has 24 heavy (non-hydrogen) atoms. The zero-order chi connectivity index (χ0) is 16.9. The molecule has 3 aromatic rings. The number of phenols is 1. The van der Waals surface area contributed by atoms with Gasteiger partial charge in [-0.1, -0.05) is 29.5 Å². The van der Waals surface area contributed by atoms with Gasteiger partial charge in [-0.3, -0.25) is 4.79 Å². The van der Waals surface area contributed by atoms with Crippen molar-refractivity contribution < 1.29 is 19.4 Å². The first kappa shape index (κ1) is 15.5. The average molecular weight is 327 g/mol. The lowest BCUT2D eigenvalue weighted by atomic mass is 10.2. The van der Waals surface area contributed by atoms with Crippen molar-refractivity contribution in [1.29, 1.82) is 0 Å². The summed E-state index contributed by atoms with van der Waals surface area (Å²) in [5.74, 6) is -0.626. The number of ether oxygens (including phenoxy) is 2. The number of carbonyl (C=O) groups is 1. The van der Waals surface area contributed by atoms with E-state index in [9.17, 15) is 14.7 Å². The second-order valence-corrected chi connectivity index (χ2v) is 4.81. The van der Waals surface area contributed by atoms with Crippen LogP contribution in [0.5, 0.6) is 11.5 Å². The molecule has 122 valence electrons. The fourth-order valence-electron chi connectivity index (χ4n) is 2.00. The molecule has 8 heteroatoms. The topological polar surface area (TPSA) is 104 Å². The number of phenolic OH excluding ortho intramolecular Hbond substituents is 1. The molecular weight excluding hydrogens is 314 g/mol. The number of hydrogen-bond acceptors (Lipinski definition) is 7. The molecule has 0 atom stereocenters. The Bertz CT molecular complexity index is 938. The van der Waals surface area contributed by atoms with Crippen molar-refractivity contribution in [2.24, 2.45) is 0 Å². The number of esters is 1. The van der Waals surface area contributed by atoms with E-state index in [4.69, 9.17) is 9.47 Å². The van der Waals surface area contributed by atoms with Gasteiger partial charge < -0.3 is 14.6 Å². The van der Waals surface area contributed by atoms with E-state index < -0.39 is 18.1 Å². The van der Waals surface area contributed by atoms with Gasteiger partial charge in [0.1, 0.15) is 5.52 Å². The van der Waals surface area contributed by atoms with E-state index in [1.165, 1.54) is 12.1 Å². The number of nitrogens with zero attached hydrogens (tertiary/aromatic N) is 3. The third-order valence-corrected chi connectivity index (χ3v) is 3.19. The number of carbonyl (C=O) groups excluding carboxylic acids is 1. The van der Waals surface area contributed by atoms with Crippen LogP contribution in [0, 0.1) is 0 Å². The van der Waals surface area contributed by atoms with Gasteiger partial charge in [-0.05, 0) is 24.3 Å². The summed E-state index contributed by atoms with van der Waals surface area (Å²) in [6.45, 7) is -0.785. The fourth-order valence-corrected chi connectivity index (χ4v) is 2.00. The molecule has 0 bridgehead atoms. The van der Waals surface area contributed by atoms with E-state index in [1.807, 2.05) is 0 Å². The van der Waals surface area contributed by atoms with E-state index in [1.54, 1.807) is 36.4 Å². The summed E-state index contributed by atoms with van der Waals surface area (Å²) in [5.41, 5.74) is 0.0583. The molecular formula is C16H13N3O5. The van der Waals surface area contributed by atoms with Crippen molar-refractivity contribution in [3.05, 3.63) is 58.9 Å². The van der Waals surface area contributed by atoms with Crippen molar-refractivity contribution >= 4 is 16.9 Å². The number of fused-ring (bicyclic) bond motifs is 1. The predicted molar refractivity (Wildman–Crippen MR) is 83.5 cm³/mol. The maximum atomic E-state index is 12.2. The van der Waals surface area contributed by atoms with Gasteiger partial charge in [0, 0.05) is 0 Å². The maximum Gasteiger partial charge on any atom is 0.345 e. The number of benzene rings is 2. The molecule has 0 saturated heterocycles. The summed E-state index contributed by atoms with van der Waals surface area (Å²) in [7, 11) is 0. The predicted octanol–water partition coefficient (Wildman–Crippen LogP) is 1.08. The van der Waals surface area contributed by atoms with Gasteiger partial charge in [-0.15, -0.1) is 5.10 Å². The molecule has 0 unspecified atom stereocenters. The lowest BCUT2D eigenvalue weighted by Crippen LogP contribution is -2.27. The van der Waals surface area contributed by atoms with Gasteiger partial charge in [0.2, 0.25) is 0 Å². The Balaban J connectivity index is 1.61. The minimum atomic E-state index is -0.708. The molecule has 1 heterocycles. The smallest absolute Gasteiger partial charge is 0.345 e. The maximum absolute atomic E-state index is 12.2. The van der Waals surface area contributed by atoms with Gasteiger partial charge in [-0.25, -0.2) is 4.79 Å². The van der Waals surface area contributed by atoms with Crippen molar-refractivity contribution in [1.82, 2.24) is 15.0 Å². The first-order valence-electron chi connectivity index (χ1n) is 7.04. The number of hydrogen-bond donors (Lipinski definition) is 1. The highest BCUT2D eigenvalue weighted by Gasteiger charge is 2.10. The second-order valence-electron chi connectivity index (χ2n) is 4.81. The van der Waals surface area contributed by atoms with Gasteiger partial charge in [0.25, 0.3) is 5.56 Å². The van der Waals surface area contributed by atoms with Crippen LogP contribution in [0.1, 0.15) is 0 Å². The van der Waals surface area contributed by atoms with E-state index in [0.717, 1.165) is 4.68 Å². The van der Waals surface area contributed by atoms with Crippen molar-refractivity contribution in [3.8, 4) is 11.5 Å². The molecule has 0 saturated carbocycles. The van der Waals surface area contributed by atoms with Crippen LogP contribution in [-0.4, -0.2) is 32.7 Å². The van der Waals surface area contributed by atoms with E-state index in [2.05, 4.69) is 10.3 Å². The van der Waals surface area contributed by atoms with E-state index >= 15 is 0 Å². The summed E-state index contributed by atoms with van der Waals surface area (Å²) in [6.07, 6.45) is 0. The van der Waals surface area contributed by atoms with Crippen LogP contribution in [0.15, 0.2) is 53.3 Å². The first-order chi connectivity index (χ1) is 11.6. The van der Waals surface area contributed by atoms with Crippen LogP contribution < -0.4 is 10.3 Å².